The van der Waals surface area contributed by atoms with E-state index in [-0.39, 0.29) is 43.0 Å². The van der Waals surface area contributed by atoms with Crippen molar-refractivity contribution in [1.82, 2.24) is 9.88 Å². The van der Waals surface area contributed by atoms with Crippen LogP contribution in [0.4, 0.5) is 27.1 Å². The number of hydrogen-bond acceptors (Lipinski definition) is 6. The van der Waals surface area contributed by atoms with E-state index in [1.807, 2.05) is 4.90 Å². The van der Waals surface area contributed by atoms with Crippen LogP contribution >= 0.6 is 11.3 Å². The van der Waals surface area contributed by atoms with Crippen LogP contribution in [0.25, 0.3) is 11.3 Å². The molecule has 0 radical (unpaired) electrons. The lowest BCUT2D eigenvalue weighted by Gasteiger charge is -2.31. The van der Waals surface area contributed by atoms with Crippen LogP contribution in [0.3, 0.4) is 0 Å². The molecule has 1 N–H and O–H groups in total. The van der Waals surface area contributed by atoms with E-state index in [9.17, 15) is 26.7 Å². The van der Waals surface area contributed by atoms with E-state index in [0.717, 1.165) is 12.1 Å². The van der Waals surface area contributed by atoms with Gasteiger partial charge in [-0.05, 0) is 25.1 Å². The smallest absolute Gasteiger partial charge is 0.461 e. The maximum absolute atomic E-state index is 13.3. The fourth-order valence-electron chi connectivity index (χ4n) is 3.57. The first-order valence-corrected chi connectivity index (χ1v) is 11.2. The van der Waals surface area contributed by atoms with Crippen molar-refractivity contribution in [3.8, 4) is 17.1 Å². The summed E-state index contributed by atoms with van der Waals surface area (Å²) in [5.41, 5.74) is 1.18. The Labute approximate surface area is 195 Å². The van der Waals surface area contributed by atoms with Crippen LogP contribution in [-0.2, 0) is 6.54 Å². The summed E-state index contributed by atoms with van der Waals surface area (Å²) in [5, 5.41) is 4.76. The van der Waals surface area contributed by atoms with E-state index in [0.29, 0.717) is 22.9 Å². The molecule has 0 saturated carbocycles. The summed E-state index contributed by atoms with van der Waals surface area (Å²) in [6.07, 6.45) is -5.20. The van der Waals surface area contributed by atoms with Crippen molar-refractivity contribution in [3.05, 3.63) is 52.7 Å². The van der Waals surface area contributed by atoms with Crippen molar-refractivity contribution in [2.24, 2.45) is 0 Å². The molecule has 0 bridgehead atoms. The van der Waals surface area contributed by atoms with Gasteiger partial charge in [-0.3, -0.25) is 15.0 Å². The largest absolute Gasteiger partial charge is 0.573 e. The Balaban J connectivity index is 1.41. The monoisotopic (exact) mass is 501 g/mol. The number of piperidine rings is 1. The fourth-order valence-corrected chi connectivity index (χ4v) is 4.26. The first-order valence-electron chi connectivity index (χ1n) is 10.3. The lowest BCUT2D eigenvalue weighted by atomic mass is 10.1. The molecule has 1 aliphatic heterocycles. The molecule has 0 unspecified atom stereocenters. The second-order valence-corrected chi connectivity index (χ2v) is 8.74. The minimum Gasteiger partial charge on any atom is -0.461 e. The standard InChI is InChI=1S/C22H20F5N3O3S/c1-13-17(10-18(32-13)14-3-2-4-16(9-14)33-22(25,26)27)19(31)29-20-28-15(12-34-20)11-30-7-5-21(23,24)6-8-30/h2-4,9-10,12H,5-8,11H2,1H3,(H,28,29,31). The minimum absolute atomic E-state index is 0.186. The third-order valence-electron chi connectivity index (χ3n) is 5.26. The number of amides is 1. The van der Waals surface area contributed by atoms with Crippen molar-refractivity contribution >= 4 is 22.4 Å². The molecule has 0 spiro atoms. The fraction of sp³-hybridized carbons (Fsp3) is 0.364. The molecular weight excluding hydrogens is 481 g/mol. The molecule has 6 nitrogen and oxygen atoms in total. The van der Waals surface area contributed by atoms with Gasteiger partial charge in [0.1, 0.15) is 17.3 Å². The average Bonchev–Trinajstić information content (AvgIpc) is 3.35. The number of rotatable bonds is 6. The van der Waals surface area contributed by atoms with Crippen LogP contribution in [-0.4, -0.2) is 41.2 Å². The van der Waals surface area contributed by atoms with Crippen LogP contribution in [0.2, 0.25) is 0 Å². The predicted molar refractivity (Wildman–Crippen MR) is 115 cm³/mol. The molecule has 0 atom stereocenters. The number of thiazole rings is 1. The van der Waals surface area contributed by atoms with Crippen molar-refractivity contribution in [1.29, 1.82) is 0 Å². The normalized spacial score (nSPS) is 16.4. The van der Waals surface area contributed by atoms with Gasteiger partial charge in [0.15, 0.2) is 5.13 Å². The first-order chi connectivity index (χ1) is 16.0. The lowest BCUT2D eigenvalue weighted by Crippen LogP contribution is -2.38. The molecule has 3 aromatic rings. The van der Waals surface area contributed by atoms with Crippen LogP contribution in [0, 0.1) is 6.92 Å². The SMILES string of the molecule is Cc1oc(-c2cccc(OC(F)(F)F)c2)cc1C(=O)Nc1nc(CN2CCC(F)(F)CC2)cs1. The Bertz CT molecular complexity index is 1160. The molecule has 2 aromatic heterocycles. The number of furan rings is 1. The molecule has 34 heavy (non-hydrogen) atoms. The molecule has 1 aliphatic rings. The zero-order chi connectivity index (χ0) is 24.5. The summed E-state index contributed by atoms with van der Waals surface area (Å²) in [4.78, 5) is 19.0. The zero-order valence-electron chi connectivity index (χ0n) is 17.9. The van der Waals surface area contributed by atoms with Gasteiger partial charge in [-0.1, -0.05) is 12.1 Å². The number of anilines is 1. The summed E-state index contributed by atoms with van der Waals surface area (Å²) in [6.45, 7) is 2.53. The topological polar surface area (TPSA) is 67.6 Å². The molecule has 1 saturated heterocycles. The number of hydrogen-bond donors (Lipinski definition) is 1. The second kappa shape index (κ2) is 9.34. The van der Waals surface area contributed by atoms with E-state index in [4.69, 9.17) is 4.42 Å². The van der Waals surface area contributed by atoms with Crippen LogP contribution < -0.4 is 10.1 Å². The number of nitrogens with zero attached hydrogens (tertiary/aromatic N) is 2. The number of halogens is 5. The molecule has 12 heteroatoms. The number of alkyl halides is 5. The number of aromatic nitrogens is 1. The summed E-state index contributed by atoms with van der Waals surface area (Å²) in [5.74, 6) is -3.03. The van der Waals surface area contributed by atoms with Gasteiger partial charge < -0.3 is 9.15 Å². The van der Waals surface area contributed by atoms with Gasteiger partial charge in [0.2, 0.25) is 0 Å². The summed E-state index contributed by atoms with van der Waals surface area (Å²) >= 11 is 1.21. The number of carbonyl (C=O) groups excluding carboxylic acids is 1. The van der Waals surface area contributed by atoms with Crippen molar-refractivity contribution in [2.75, 3.05) is 18.4 Å². The predicted octanol–water partition coefficient (Wildman–Crippen LogP) is 6.09. The van der Waals surface area contributed by atoms with E-state index < -0.39 is 23.9 Å². The van der Waals surface area contributed by atoms with Crippen molar-refractivity contribution < 1.29 is 35.9 Å². The average molecular weight is 501 g/mol. The maximum atomic E-state index is 13.3. The van der Waals surface area contributed by atoms with Crippen molar-refractivity contribution in [2.45, 2.75) is 38.6 Å². The number of ether oxygens (including phenoxy) is 1. The molecule has 182 valence electrons. The van der Waals surface area contributed by atoms with Crippen LogP contribution in [0.5, 0.6) is 5.75 Å². The van der Waals surface area contributed by atoms with E-state index >= 15 is 0 Å². The number of carbonyl (C=O) groups is 1. The summed E-state index contributed by atoms with van der Waals surface area (Å²) in [7, 11) is 0. The second-order valence-electron chi connectivity index (χ2n) is 7.89. The molecule has 1 fully saturated rings. The molecule has 1 aromatic carbocycles. The third-order valence-corrected chi connectivity index (χ3v) is 6.07. The molecule has 3 heterocycles. The molecule has 1 amide bonds. The van der Waals surface area contributed by atoms with Gasteiger partial charge in [-0.15, -0.1) is 24.5 Å². The highest BCUT2D eigenvalue weighted by Crippen LogP contribution is 2.31. The van der Waals surface area contributed by atoms with Gasteiger partial charge in [0.25, 0.3) is 11.8 Å². The van der Waals surface area contributed by atoms with Crippen LogP contribution in [0.15, 0.2) is 40.1 Å². The number of likely N-dealkylation sites (tertiary alicyclic amines) is 1. The van der Waals surface area contributed by atoms with Gasteiger partial charge in [-0.25, -0.2) is 13.8 Å². The molecule has 0 aliphatic carbocycles. The Hall–Kier alpha value is -2.99. The highest BCUT2D eigenvalue weighted by Gasteiger charge is 2.34. The quantitative estimate of drug-likeness (QED) is 0.414. The van der Waals surface area contributed by atoms with Gasteiger partial charge >= 0.3 is 6.36 Å². The highest BCUT2D eigenvalue weighted by atomic mass is 32.1. The maximum Gasteiger partial charge on any atom is 0.573 e. The number of nitrogens with one attached hydrogen (secondary N) is 1. The first kappa shape index (κ1) is 24.1. The van der Waals surface area contributed by atoms with Gasteiger partial charge in [0.05, 0.1) is 11.3 Å². The van der Waals surface area contributed by atoms with E-state index in [1.165, 1.54) is 29.5 Å². The lowest BCUT2D eigenvalue weighted by molar-refractivity contribution is -0.274. The number of aryl methyl sites for hydroxylation is 1. The summed E-state index contributed by atoms with van der Waals surface area (Å²) in [6, 6.07) is 6.67. The Morgan fingerprint density at radius 2 is 2.00 bits per heavy atom. The third kappa shape index (κ3) is 6.11. The van der Waals surface area contributed by atoms with Gasteiger partial charge in [-0.2, -0.15) is 0 Å². The van der Waals surface area contributed by atoms with Gasteiger partial charge in [0, 0.05) is 43.4 Å². The Morgan fingerprint density at radius 3 is 2.71 bits per heavy atom. The Morgan fingerprint density at radius 1 is 1.26 bits per heavy atom. The van der Waals surface area contributed by atoms with E-state index in [1.54, 1.807) is 12.3 Å². The highest BCUT2D eigenvalue weighted by molar-refractivity contribution is 7.14. The minimum atomic E-state index is -4.83. The summed E-state index contributed by atoms with van der Waals surface area (Å²) < 4.78 is 73.6. The van der Waals surface area contributed by atoms with E-state index in [2.05, 4.69) is 15.0 Å². The molecular formula is C22H20F5N3O3S. The Kier molecular flexibility index (Phi) is 6.63. The molecule has 4 rings (SSSR count). The van der Waals surface area contributed by atoms with Crippen LogP contribution in [0.1, 0.15) is 34.7 Å². The number of benzene rings is 1. The zero-order valence-corrected chi connectivity index (χ0v) is 18.7. The van der Waals surface area contributed by atoms with Crippen molar-refractivity contribution in [3.63, 3.8) is 0 Å².